The topological polar surface area (TPSA) is 132 Å². The number of fused-ring (bicyclic) bond motifs is 2. The second-order valence-electron chi connectivity index (χ2n) is 8.15. The van der Waals surface area contributed by atoms with E-state index >= 15 is 0 Å². The van der Waals surface area contributed by atoms with E-state index in [0.29, 0.717) is 49.3 Å². The predicted octanol–water partition coefficient (Wildman–Crippen LogP) is 1.68. The van der Waals surface area contributed by atoms with E-state index in [9.17, 15) is 14.4 Å². The van der Waals surface area contributed by atoms with Crippen molar-refractivity contribution < 1.29 is 14.1 Å². The van der Waals surface area contributed by atoms with E-state index in [0.717, 1.165) is 22.3 Å². The monoisotopic (exact) mass is 435 g/mol. The van der Waals surface area contributed by atoms with Crippen LogP contribution in [0.2, 0.25) is 0 Å². The Morgan fingerprint density at radius 3 is 2.03 bits per heavy atom. The molecule has 4 N–H and O–H groups in total. The molecule has 0 radical (unpaired) electrons. The van der Waals surface area contributed by atoms with Crippen molar-refractivity contribution in [3.8, 4) is 0 Å². The van der Waals surface area contributed by atoms with Gasteiger partial charge in [0, 0.05) is 24.5 Å². The summed E-state index contributed by atoms with van der Waals surface area (Å²) < 4.78 is 6.66. The van der Waals surface area contributed by atoms with Gasteiger partial charge in [0.15, 0.2) is 5.82 Å². The Balaban J connectivity index is 2.08. The summed E-state index contributed by atoms with van der Waals surface area (Å²) in [6, 6.07) is 11.2. The second-order valence-corrected chi connectivity index (χ2v) is 8.15. The molecular formula is C23H25N5O4. The Morgan fingerprint density at radius 2 is 1.62 bits per heavy atom. The van der Waals surface area contributed by atoms with E-state index in [1.807, 2.05) is 43.3 Å². The maximum Gasteiger partial charge on any atom is 0.459 e. The summed E-state index contributed by atoms with van der Waals surface area (Å²) in [7, 11) is 1.65. The number of nitrogens with two attached hydrogens (primary N) is 1. The minimum atomic E-state index is -0.865. The molecule has 4 rings (SSSR count). The molecule has 1 aromatic heterocycles. The molecule has 3 aromatic rings. The van der Waals surface area contributed by atoms with E-state index in [-0.39, 0.29) is 6.04 Å². The smallest absolute Gasteiger partial charge is 0.329 e. The van der Waals surface area contributed by atoms with Gasteiger partial charge in [0.1, 0.15) is 0 Å². The van der Waals surface area contributed by atoms with Gasteiger partial charge in [0.25, 0.3) is 0 Å². The second kappa shape index (κ2) is 8.43. The number of anilines is 2. The highest BCUT2D eigenvalue weighted by Crippen LogP contribution is 2.47. The number of carbonyl (C=O) groups excluding carboxylic acids is 2. The van der Waals surface area contributed by atoms with E-state index in [4.69, 9.17) is 10.3 Å². The molecule has 0 spiro atoms. The number of benzene rings is 2. The van der Waals surface area contributed by atoms with Gasteiger partial charge in [-0.15, -0.1) is 0 Å². The fourth-order valence-electron chi connectivity index (χ4n) is 4.90. The molecular weight excluding hydrogens is 410 g/mol. The van der Waals surface area contributed by atoms with E-state index in [1.165, 1.54) is 4.74 Å². The third-order valence-electron chi connectivity index (χ3n) is 5.97. The summed E-state index contributed by atoms with van der Waals surface area (Å²) in [5.74, 6) is -0.228. The van der Waals surface area contributed by atoms with Crippen LogP contribution < -0.4 is 22.1 Å². The summed E-state index contributed by atoms with van der Waals surface area (Å²) in [4.78, 5) is 38.4. The van der Waals surface area contributed by atoms with Crippen molar-refractivity contribution in [1.82, 2.24) is 9.72 Å². The fourth-order valence-corrected chi connectivity index (χ4v) is 4.90. The van der Waals surface area contributed by atoms with Gasteiger partial charge < -0.3 is 20.9 Å². The summed E-state index contributed by atoms with van der Waals surface area (Å²) in [5.41, 5.74) is 10.8. The fraction of sp³-hybridized carbons (Fsp3) is 0.304. The van der Waals surface area contributed by atoms with Crippen LogP contribution in [-0.4, -0.2) is 28.6 Å². The molecule has 0 saturated heterocycles. The van der Waals surface area contributed by atoms with Crippen LogP contribution in [0.15, 0.2) is 45.7 Å². The first kappa shape index (κ1) is 21.5. The van der Waals surface area contributed by atoms with Gasteiger partial charge in [-0.3, -0.25) is 9.59 Å². The van der Waals surface area contributed by atoms with Crippen molar-refractivity contribution in [3.63, 3.8) is 0 Å². The molecule has 166 valence electrons. The van der Waals surface area contributed by atoms with Crippen molar-refractivity contribution in [2.45, 2.75) is 37.6 Å². The molecule has 2 amide bonds. The molecule has 2 aromatic carbocycles. The van der Waals surface area contributed by atoms with Crippen molar-refractivity contribution >= 4 is 24.2 Å². The van der Waals surface area contributed by atoms with Crippen LogP contribution >= 0.6 is 0 Å². The maximum absolute atomic E-state index is 12.1. The van der Waals surface area contributed by atoms with Gasteiger partial charge in [-0.05, 0) is 72.7 Å². The van der Waals surface area contributed by atoms with E-state index < -0.39 is 11.2 Å². The highest BCUT2D eigenvalue weighted by molar-refractivity contribution is 5.74. The average molecular weight is 435 g/mol. The summed E-state index contributed by atoms with van der Waals surface area (Å²) >= 11 is 0. The van der Waals surface area contributed by atoms with Crippen molar-refractivity contribution in [2.75, 3.05) is 10.6 Å². The molecule has 1 aliphatic rings. The van der Waals surface area contributed by atoms with Crippen LogP contribution in [0.1, 0.15) is 41.4 Å². The highest BCUT2D eigenvalue weighted by atomic mass is 16.5. The van der Waals surface area contributed by atoms with Crippen LogP contribution in [0.4, 0.5) is 11.4 Å². The lowest BCUT2D eigenvalue weighted by Gasteiger charge is -2.36. The van der Waals surface area contributed by atoms with Crippen LogP contribution in [0.3, 0.4) is 0 Å². The molecule has 32 heavy (non-hydrogen) atoms. The number of aryl methyl sites for hydroxylation is 3. The molecule has 0 aliphatic heterocycles. The van der Waals surface area contributed by atoms with Gasteiger partial charge in [-0.25, -0.2) is 4.79 Å². The van der Waals surface area contributed by atoms with Crippen molar-refractivity contribution in [1.29, 1.82) is 0 Å². The molecule has 0 fully saturated rings. The quantitative estimate of drug-likeness (QED) is 0.484. The molecule has 9 heteroatoms. The first-order chi connectivity index (χ1) is 15.4. The summed E-state index contributed by atoms with van der Waals surface area (Å²) in [6.07, 6.45) is 3.12. The van der Waals surface area contributed by atoms with Gasteiger partial charge in [0.05, 0.1) is 5.41 Å². The van der Waals surface area contributed by atoms with Crippen molar-refractivity contribution in [3.05, 3.63) is 75.0 Å². The predicted molar refractivity (Wildman–Crippen MR) is 120 cm³/mol. The first-order valence-electron chi connectivity index (χ1n) is 10.4. The summed E-state index contributed by atoms with van der Waals surface area (Å²) in [5, 5.41) is 5.41. The SMILES string of the molecule is C[C@H](N)CC1(c2nc(=O)on2C)c2ccc(NC=O)cc2CCc2cc(NC=O)ccc21. The molecule has 9 nitrogen and oxygen atoms in total. The third-order valence-corrected chi connectivity index (χ3v) is 5.97. The number of hydrogen-bond acceptors (Lipinski definition) is 6. The van der Waals surface area contributed by atoms with Crippen LogP contribution in [0, 0.1) is 0 Å². The Labute approximate surface area is 184 Å². The minimum absolute atomic E-state index is 0.235. The number of nitrogens with one attached hydrogen (secondary N) is 2. The van der Waals surface area contributed by atoms with E-state index in [2.05, 4.69) is 15.6 Å². The zero-order chi connectivity index (χ0) is 22.9. The van der Waals surface area contributed by atoms with Crippen LogP contribution in [0.5, 0.6) is 0 Å². The van der Waals surface area contributed by atoms with Crippen LogP contribution in [-0.2, 0) is 34.9 Å². The molecule has 0 bridgehead atoms. The molecule has 1 atom stereocenters. The Bertz CT molecular complexity index is 1170. The van der Waals surface area contributed by atoms with Gasteiger partial charge in [-0.1, -0.05) is 12.1 Å². The highest BCUT2D eigenvalue weighted by Gasteiger charge is 2.45. The lowest BCUT2D eigenvalue weighted by molar-refractivity contribution is -0.106. The number of rotatable bonds is 7. The van der Waals surface area contributed by atoms with Crippen LogP contribution in [0.25, 0.3) is 0 Å². The molecule has 0 saturated carbocycles. The third kappa shape index (κ3) is 3.60. The molecule has 1 aliphatic carbocycles. The van der Waals surface area contributed by atoms with Crippen molar-refractivity contribution in [2.24, 2.45) is 12.8 Å². The normalized spacial score (nSPS) is 15.1. The minimum Gasteiger partial charge on any atom is -0.329 e. The maximum atomic E-state index is 12.1. The lowest BCUT2D eigenvalue weighted by Crippen LogP contribution is -2.39. The summed E-state index contributed by atoms with van der Waals surface area (Å²) in [6.45, 7) is 1.91. The molecule has 1 heterocycles. The number of amides is 2. The van der Waals surface area contributed by atoms with Gasteiger partial charge in [0.2, 0.25) is 12.8 Å². The number of carbonyl (C=O) groups is 2. The number of nitrogens with zero attached hydrogens (tertiary/aromatic N) is 2. The number of hydrogen-bond donors (Lipinski definition) is 3. The van der Waals surface area contributed by atoms with Gasteiger partial charge in [-0.2, -0.15) is 9.72 Å². The Kier molecular flexibility index (Phi) is 5.67. The van der Waals surface area contributed by atoms with Gasteiger partial charge >= 0.3 is 5.76 Å². The zero-order valence-electron chi connectivity index (χ0n) is 17.9. The van der Waals surface area contributed by atoms with E-state index in [1.54, 1.807) is 7.05 Å². The zero-order valence-corrected chi connectivity index (χ0v) is 17.9. The lowest BCUT2D eigenvalue weighted by atomic mass is 9.68. The molecule has 0 unspecified atom stereocenters. The largest absolute Gasteiger partial charge is 0.459 e. The Hall–Kier alpha value is -3.72. The standard InChI is InChI=1S/C23H25N5O4/c1-14(24)11-23(21-27-22(31)32-28(21)2)19-7-5-17(25-12-29)9-15(19)3-4-16-10-18(26-13-30)6-8-20(16)23/h5-10,12-14H,3-4,11,24H2,1-2H3,(H,25,29)(H,26,30)/t14-/m0/s1. The average Bonchev–Trinajstić information content (AvgIpc) is 3.03. The Morgan fingerprint density at radius 1 is 1.09 bits per heavy atom. The number of aromatic nitrogens is 2. The first-order valence-corrected chi connectivity index (χ1v) is 10.4.